The van der Waals surface area contributed by atoms with Crippen LogP contribution in [0.4, 0.5) is 0 Å². The molecule has 0 atom stereocenters. The molecule has 1 N–H and O–H groups in total. The fourth-order valence-electron chi connectivity index (χ4n) is 2.25. The fraction of sp³-hybridized carbons (Fsp3) is 0.118. The first kappa shape index (κ1) is 14.9. The number of benzene rings is 2. The predicted octanol–water partition coefficient (Wildman–Crippen LogP) is 2.05. The van der Waals surface area contributed by atoms with Crippen LogP contribution in [0, 0.1) is 0 Å². The summed E-state index contributed by atoms with van der Waals surface area (Å²) in [7, 11) is 0. The summed E-state index contributed by atoms with van der Waals surface area (Å²) in [6.07, 6.45) is 1.55. The van der Waals surface area contributed by atoms with Gasteiger partial charge in [0.05, 0.1) is 5.69 Å². The number of carbonyl (C=O) groups excluding carboxylic acids is 1. The molecule has 3 rings (SSSR count). The summed E-state index contributed by atoms with van der Waals surface area (Å²) >= 11 is 0. The van der Waals surface area contributed by atoms with Crippen molar-refractivity contribution in [3.8, 4) is 11.4 Å². The summed E-state index contributed by atoms with van der Waals surface area (Å²) in [6, 6.07) is 12.6. The summed E-state index contributed by atoms with van der Waals surface area (Å²) in [5, 5.41) is 18.1. The molecule has 6 nitrogen and oxygen atoms in total. The number of aromatic nitrogens is 3. The molecule has 0 spiro atoms. The number of nitrogens with zero attached hydrogens (tertiary/aromatic N) is 3. The molecule has 0 amide bonds. The van der Waals surface area contributed by atoms with Gasteiger partial charge in [-0.3, -0.25) is 0 Å². The van der Waals surface area contributed by atoms with E-state index in [1.165, 1.54) is 4.80 Å². The van der Waals surface area contributed by atoms with Gasteiger partial charge in [0.1, 0.15) is 16.8 Å². The molecule has 1 heterocycles. The summed E-state index contributed by atoms with van der Waals surface area (Å²) in [5.74, 6) is -0.169. The lowest BCUT2D eigenvalue weighted by Crippen LogP contribution is -2.08. The Hall–Kier alpha value is -2.99. The lowest BCUT2D eigenvalue weighted by molar-refractivity contribution is -0.128. The van der Waals surface area contributed by atoms with Gasteiger partial charge >= 0.3 is 5.97 Å². The van der Waals surface area contributed by atoms with Gasteiger partial charge < -0.3 is 9.84 Å². The smallest absolute Gasteiger partial charge is 0.335 e. The minimum absolute atomic E-state index is 0.000416. The summed E-state index contributed by atoms with van der Waals surface area (Å²) in [4.78, 5) is 12.8. The Kier molecular flexibility index (Phi) is 4.16. The van der Waals surface area contributed by atoms with E-state index in [-0.39, 0.29) is 6.61 Å². The third-order valence-electron chi connectivity index (χ3n) is 3.33. The fourth-order valence-corrected chi connectivity index (χ4v) is 2.25. The van der Waals surface area contributed by atoms with E-state index >= 15 is 0 Å². The highest BCUT2D eigenvalue weighted by molar-refractivity contribution is 5.83. The van der Waals surface area contributed by atoms with Crippen molar-refractivity contribution in [2.75, 3.05) is 6.61 Å². The zero-order valence-electron chi connectivity index (χ0n) is 12.3. The maximum atomic E-state index is 11.4. The number of fused-ring (bicyclic) bond motifs is 1. The lowest BCUT2D eigenvalue weighted by Gasteiger charge is -2.09. The van der Waals surface area contributed by atoms with Crippen LogP contribution in [0.15, 0.2) is 55.1 Å². The number of hydrogen-bond acceptors (Lipinski definition) is 5. The summed E-state index contributed by atoms with van der Waals surface area (Å²) in [5.41, 5.74) is 3.03. The third kappa shape index (κ3) is 3.12. The zero-order valence-corrected chi connectivity index (χ0v) is 12.3. The van der Waals surface area contributed by atoms with Gasteiger partial charge in [-0.25, -0.2) is 4.79 Å². The Bertz CT molecular complexity index is 837. The van der Waals surface area contributed by atoms with E-state index in [0.29, 0.717) is 17.9 Å². The Balaban J connectivity index is 2.08. The van der Waals surface area contributed by atoms with Crippen LogP contribution >= 0.6 is 0 Å². The molecule has 0 bridgehead atoms. The number of rotatable bonds is 5. The van der Waals surface area contributed by atoms with E-state index in [1.807, 2.05) is 24.3 Å². The number of hydrogen-bond donors (Lipinski definition) is 1. The average Bonchev–Trinajstić information content (AvgIpc) is 3.00. The van der Waals surface area contributed by atoms with Crippen LogP contribution in [-0.4, -0.2) is 32.7 Å². The van der Waals surface area contributed by atoms with Crippen molar-refractivity contribution in [1.82, 2.24) is 15.0 Å². The Morgan fingerprint density at radius 3 is 2.52 bits per heavy atom. The molecule has 116 valence electrons. The highest BCUT2D eigenvalue weighted by atomic mass is 16.5. The molecule has 0 radical (unpaired) electrons. The molecule has 6 heteroatoms. The van der Waals surface area contributed by atoms with Crippen LogP contribution in [0.5, 0.6) is 5.75 Å². The highest BCUT2D eigenvalue weighted by Crippen LogP contribution is 2.22. The molecule has 2 aromatic carbocycles. The molecule has 0 unspecified atom stereocenters. The molecule has 1 aromatic heterocycles. The topological polar surface area (TPSA) is 77.2 Å². The molecular weight excluding hydrogens is 294 g/mol. The van der Waals surface area contributed by atoms with Crippen LogP contribution < -0.4 is 4.74 Å². The van der Waals surface area contributed by atoms with Crippen LogP contribution in [0.1, 0.15) is 5.56 Å². The van der Waals surface area contributed by atoms with Gasteiger partial charge in [0.25, 0.3) is 0 Å². The number of carbonyl (C=O) groups is 1. The number of ether oxygens (including phenoxy) is 1. The van der Waals surface area contributed by atoms with Crippen molar-refractivity contribution in [2.45, 2.75) is 6.42 Å². The SMILES string of the molecule is C=CC(=O)Oc1ccc(CCO)c(-n2nc3ccccc3n2)c1. The zero-order chi connectivity index (χ0) is 16.2. The van der Waals surface area contributed by atoms with E-state index in [2.05, 4.69) is 16.8 Å². The predicted molar refractivity (Wildman–Crippen MR) is 85.5 cm³/mol. The second kappa shape index (κ2) is 6.41. The maximum Gasteiger partial charge on any atom is 0.335 e. The van der Waals surface area contributed by atoms with Gasteiger partial charge in [0, 0.05) is 18.7 Å². The Labute approximate surface area is 132 Å². The minimum atomic E-state index is -0.538. The van der Waals surface area contributed by atoms with E-state index in [0.717, 1.165) is 22.7 Å². The summed E-state index contributed by atoms with van der Waals surface area (Å²) in [6.45, 7) is 3.38. The van der Waals surface area contributed by atoms with Crippen LogP contribution in [0.2, 0.25) is 0 Å². The van der Waals surface area contributed by atoms with Crippen molar-refractivity contribution >= 4 is 17.0 Å². The molecule has 0 aliphatic rings. The maximum absolute atomic E-state index is 11.4. The van der Waals surface area contributed by atoms with Crippen molar-refractivity contribution in [2.24, 2.45) is 0 Å². The van der Waals surface area contributed by atoms with Crippen LogP contribution in [0.25, 0.3) is 16.7 Å². The number of aliphatic hydroxyl groups is 1. The minimum Gasteiger partial charge on any atom is -0.423 e. The van der Waals surface area contributed by atoms with Crippen LogP contribution in [-0.2, 0) is 11.2 Å². The first-order chi connectivity index (χ1) is 11.2. The highest BCUT2D eigenvalue weighted by Gasteiger charge is 2.11. The number of esters is 1. The van der Waals surface area contributed by atoms with Crippen molar-refractivity contribution in [3.63, 3.8) is 0 Å². The molecular formula is C17H15N3O3. The molecule has 0 aliphatic heterocycles. The average molecular weight is 309 g/mol. The van der Waals surface area contributed by atoms with E-state index in [9.17, 15) is 9.90 Å². The summed E-state index contributed by atoms with van der Waals surface area (Å²) < 4.78 is 5.14. The first-order valence-corrected chi connectivity index (χ1v) is 7.12. The second-order valence-corrected chi connectivity index (χ2v) is 4.87. The largest absolute Gasteiger partial charge is 0.423 e. The molecule has 0 aliphatic carbocycles. The number of aliphatic hydroxyl groups excluding tert-OH is 1. The molecule has 0 saturated carbocycles. The van der Waals surface area contributed by atoms with Gasteiger partial charge in [-0.15, -0.1) is 15.0 Å². The second-order valence-electron chi connectivity index (χ2n) is 4.87. The first-order valence-electron chi connectivity index (χ1n) is 7.12. The van der Waals surface area contributed by atoms with Crippen LogP contribution in [0.3, 0.4) is 0 Å². The van der Waals surface area contributed by atoms with E-state index < -0.39 is 5.97 Å². The Morgan fingerprint density at radius 1 is 1.22 bits per heavy atom. The van der Waals surface area contributed by atoms with Crippen molar-refractivity contribution in [1.29, 1.82) is 0 Å². The van der Waals surface area contributed by atoms with Crippen molar-refractivity contribution in [3.05, 3.63) is 60.7 Å². The van der Waals surface area contributed by atoms with Gasteiger partial charge in [-0.05, 0) is 30.2 Å². The molecule has 23 heavy (non-hydrogen) atoms. The standard InChI is InChI=1S/C17H15N3O3/c1-2-17(22)23-13-8-7-12(9-10-21)16(11-13)20-18-14-5-3-4-6-15(14)19-20/h2-8,11,21H,1,9-10H2. The molecule has 3 aromatic rings. The van der Waals surface area contributed by atoms with E-state index in [4.69, 9.17) is 4.74 Å². The monoisotopic (exact) mass is 309 g/mol. The van der Waals surface area contributed by atoms with Gasteiger partial charge in [-0.2, -0.15) is 0 Å². The normalized spacial score (nSPS) is 10.7. The van der Waals surface area contributed by atoms with Gasteiger partial charge in [0.15, 0.2) is 0 Å². The molecule has 0 saturated heterocycles. The Morgan fingerprint density at radius 2 is 1.91 bits per heavy atom. The molecule has 0 fully saturated rings. The van der Waals surface area contributed by atoms with Gasteiger partial charge in [0.2, 0.25) is 0 Å². The quantitative estimate of drug-likeness (QED) is 0.443. The third-order valence-corrected chi connectivity index (χ3v) is 3.33. The van der Waals surface area contributed by atoms with E-state index in [1.54, 1.807) is 18.2 Å². The van der Waals surface area contributed by atoms with Crippen molar-refractivity contribution < 1.29 is 14.6 Å². The lowest BCUT2D eigenvalue weighted by atomic mass is 10.1. The van der Waals surface area contributed by atoms with Gasteiger partial charge in [-0.1, -0.05) is 24.8 Å².